The van der Waals surface area contributed by atoms with E-state index in [1.807, 2.05) is 13.8 Å². The maximum Gasteiger partial charge on any atom is 0.329 e. The molecule has 0 saturated carbocycles. The van der Waals surface area contributed by atoms with Crippen LogP contribution in [0.2, 0.25) is 0 Å². The number of rotatable bonds is 4. The maximum absolute atomic E-state index is 12.0. The van der Waals surface area contributed by atoms with E-state index in [0.717, 1.165) is 11.5 Å². The first kappa shape index (κ1) is 15.6. The Morgan fingerprint density at radius 2 is 2.00 bits per heavy atom. The lowest BCUT2D eigenvalue weighted by molar-refractivity contribution is -0.158. The Balaban J connectivity index is 2.73. The molecule has 0 aliphatic carbocycles. The van der Waals surface area contributed by atoms with Gasteiger partial charge in [-0.05, 0) is 38.2 Å². The predicted molar refractivity (Wildman–Crippen MR) is 71.8 cm³/mol. The summed E-state index contributed by atoms with van der Waals surface area (Å²) in [5, 5.41) is 7.83. The first-order valence-electron chi connectivity index (χ1n) is 6.01. The summed E-state index contributed by atoms with van der Waals surface area (Å²) >= 11 is 1.08. The highest BCUT2D eigenvalue weighted by atomic mass is 32.1. The van der Waals surface area contributed by atoms with Crippen LogP contribution in [0.25, 0.3) is 0 Å². The van der Waals surface area contributed by atoms with E-state index in [0.29, 0.717) is 0 Å². The summed E-state index contributed by atoms with van der Waals surface area (Å²) in [6.45, 7) is 9.04. The van der Waals surface area contributed by atoms with E-state index in [1.54, 1.807) is 20.8 Å². The Hall–Kier alpha value is -1.50. The molecule has 0 radical (unpaired) electrons. The molecule has 1 amide bonds. The zero-order valence-electron chi connectivity index (χ0n) is 11.8. The minimum Gasteiger partial charge on any atom is -0.458 e. The van der Waals surface area contributed by atoms with Gasteiger partial charge >= 0.3 is 5.97 Å². The quantitative estimate of drug-likeness (QED) is 0.850. The SMILES string of the molecule is CC(C)[C@@H](NC(=O)c1csnn1)C(=O)OC(C)(C)C. The van der Waals surface area contributed by atoms with Gasteiger partial charge in [0.25, 0.3) is 5.91 Å². The summed E-state index contributed by atoms with van der Waals surface area (Å²) in [6.07, 6.45) is 0. The molecular weight excluding hydrogens is 266 g/mol. The Kier molecular flexibility index (Phi) is 4.99. The number of hydrogen-bond acceptors (Lipinski definition) is 6. The number of aromatic nitrogens is 2. The number of nitrogens with zero attached hydrogens (tertiary/aromatic N) is 2. The number of hydrogen-bond donors (Lipinski definition) is 1. The number of carbonyl (C=O) groups is 2. The molecule has 6 nitrogen and oxygen atoms in total. The van der Waals surface area contributed by atoms with Gasteiger partial charge in [-0.1, -0.05) is 18.3 Å². The van der Waals surface area contributed by atoms with Crippen molar-refractivity contribution in [3.05, 3.63) is 11.1 Å². The van der Waals surface area contributed by atoms with E-state index in [1.165, 1.54) is 5.38 Å². The van der Waals surface area contributed by atoms with Gasteiger partial charge in [0, 0.05) is 5.38 Å². The van der Waals surface area contributed by atoms with Crippen molar-refractivity contribution in [1.29, 1.82) is 0 Å². The highest BCUT2D eigenvalue weighted by Gasteiger charge is 2.29. The van der Waals surface area contributed by atoms with Crippen LogP contribution in [0, 0.1) is 5.92 Å². The van der Waals surface area contributed by atoms with E-state index >= 15 is 0 Å². The molecule has 0 fully saturated rings. The van der Waals surface area contributed by atoms with Crippen molar-refractivity contribution in [3.63, 3.8) is 0 Å². The minimum absolute atomic E-state index is 0.0783. The molecule has 0 unspecified atom stereocenters. The summed E-state index contributed by atoms with van der Waals surface area (Å²) in [6, 6.07) is -0.701. The number of ether oxygens (including phenoxy) is 1. The molecule has 19 heavy (non-hydrogen) atoms. The molecule has 1 rings (SSSR count). The highest BCUT2D eigenvalue weighted by molar-refractivity contribution is 7.03. The van der Waals surface area contributed by atoms with Gasteiger partial charge in [0.1, 0.15) is 11.6 Å². The molecule has 1 atom stereocenters. The standard InChI is InChI=1S/C12H19N3O3S/c1-7(2)9(11(17)18-12(3,4)5)13-10(16)8-6-19-15-14-8/h6-7,9H,1-5H3,(H,13,16)/t9-/m1/s1. The summed E-state index contributed by atoms with van der Waals surface area (Å²) in [7, 11) is 0. The summed E-state index contributed by atoms with van der Waals surface area (Å²) in [5.41, 5.74) is -0.379. The van der Waals surface area contributed by atoms with Crippen molar-refractivity contribution in [2.24, 2.45) is 5.92 Å². The predicted octanol–water partition coefficient (Wildman–Crippen LogP) is 1.63. The molecule has 0 saturated heterocycles. The van der Waals surface area contributed by atoms with E-state index in [4.69, 9.17) is 4.74 Å². The molecule has 0 spiro atoms. The van der Waals surface area contributed by atoms with Crippen LogP contribution in [0.3, 0.4) is 0 Å². The third kappa shape index (κ3) is 4.94. The Labute approximate surface area is 116 Å². The Morgan fingerprint density at radius 3 is 2.42 bits per heavy atom. The van der Waals surface area contributed by atoms with Crippen molar-refractivity contribution >= 4 is 23.4 Å². The molecule has 1 aromatic heterocycles. The summed E-state index contributed by atoms with van der Waals surface area (Å²) in [5.74, 6) is -0.942. The van der Waals surface area contributed by atoms with Gasteiger partial charge in [-0.3, -0.25) is 4.79 Å². The van der Waals surface area contributed by atoms with Gasteiger partial charge < -0.3 is 10.1 Å². The molecular formula is C12H19N3O3S. The largest absolute Gasteiger partial charge is 0.458 e. The first-order chi connectivity index (χ1) is 8.70. The van der Waals surface area contributed by atoms with Crippen LogP contribution < -0.4 is 5.32 Å². The minimum atomic E-state index is -0.701. The number of carbonyl (C=O) groups excluding carboxylic acids is 2. The third-order valence-corrected chi connectivity index (χ3v) is 2.71. The summed E-state index contributed by atoms with van der Waals surface area (Å²) < 4.78 is 8.91. The van der Waals surface area contributed by atoms with Gasteiger partial charge in [0.05, 0.1) is 0 Å². The van der Waals surface area contributed by atoms with Crippen LogP contribution in [0.5, 0.6) is 0 Å². The average Bonchev–Trinajstić information content (AvgIpc) is 2.75. The zero-order valence-corrected chi connectivity index (χ0v) is 12.6. The number of esters is 1. The topological polar surface area (TPSA) is 81.2 Å². The van der Waals surface area contributed by atoms with E-state index in [9.17, 15) is 9.59 Å². The van der Waals surface area contributed by atoms with Crippen molar-refractivity contribution in [1.82, 2.24) is 14.9 Å². The third-order valence-electron chi connectivity index (χ3n) is 2.21. The number of nitrogens with one attached hydrogen (secondary N) is 1. The lowest BCUT2D eigenvalue weighted by Gasteiger charge is -2.26. The van der Waals surface area contributed by atoms with Crippen LogP contribution >= 0.6 is 11.5 Å². The second kappa shape index (κ2) is 6.10. The molecule has 0 bridgehead atoms. The average molecular weight is 285 g/mol. The first-order valence-corrected chi connectivity index (χ1v) is 6.85. The molecule has 0 aromatic carbocycles. The molecule has 1 aromatic rings. The van der Waals surface area contributed by atoms with Crippen LogP contribution in [-0.4, -0.2) is 33.1 Å². The number of amides is 1. The normalized spacial score (nSPS) is 13.2. The van der Waals surface area contributed by atoms with Gasteiger partial charge in [0.15, 0.2) is 5.69 Å². The summed E-state index contributed by atoms with van der Waals surface area (Å²) in [4.78, 5) is 23.9. The van der Waals surface area contributed by atoms with Crippen molar-refractivity contribution in [3.8, 4) is 0 Å². The molecule has 1 heterocycles. The fourth-order valence-electron chi connectivity index (χ4n) is 1.34. The Bertz CT molecular complexity index is 438. The van der Waals surface area contributed by atoms with E-state index in [-0.39, 0.29) is 11.6 Å². The van der Waals surface area contributed by atoms with Crippen LogP contribution in [0.1, 0.15) is 45.1 Å². The van der Waals surface area contributed by atoms with Crippen molar-refractivity contribution < 1.29 is 14.3 Å². The fraction of sp³-hybridized carbons (Fsp3) is 0.667. The lowest BCUT2D eigenvalue weighted by atomic mass is 10.0. The molecule has 106 valence electrons. The van der Waals surface area contributed by atoms with E-state index < -0.39 is 23.5 Å². The fourth-order valence-corrected chi connectivity index (χ4v) is 1.78. The van der Waals surface area contributed by atoms with Crippen LogP contribution in [0.4, 0.5) is 0 Å². The molecule has 0 aliphatic rings. The second-order valence-corrected chi connectivity index (χ2v) is 6.13. The molecule has 7 heteroatoms. The van der Waals surface area contributed by atoms with Gasteiger partial charge in [-0.2, -0.15) is 0 Å². The lowest BCUT2D eigenvalue weighted by Crippen LogP contribution is -2.47. The van der Waals surface area contributed by atoms with Crippen LogP contribution in [-0.2, 0) is 9.53 Å². The van der Waals surface area contributed by atoms with E-state index in [2.05, 4.69) is 14.9 Å². The Morgan fingerprint density at radius 1 is 1.37 bits per heavy atom. The van der Waals surface area contributed by atoms with Gasteiger partial charge in [0.2, 0.25) is 0 Å². The molecule has 0 aliphatic heterocycles. The smallest absolute Gasteiger partial charge is 0.329 e. The van der Waals surface area contributed by atoms with Crippen LogP contribution in [0.15, 0.2) is 5.38 Å². The monoisotopic (exact) mass is 285 g/mol. The van der Waals surface area contributed by atoms with Gasteiger partial charge in [-0.15, -0.1) is 5.10 Å². The van der Waals surface area contributed by atoms with Crippen molar-refractivity contribution in [2.45, 2.75) is 46.3 Å². The second-order valence-electron chi connectivity index (χ2n) is 5.52. The van der Waals surface area contributed by atoms with Gasteiger partial charge in [-0.25, -0.2) is 4.79 Å². The van der Waals surface area contributed by atoms with Crippen molar-refractivity contribution in [2.75, 3.05) is 0 Å². The highest BCUT2D eigenvalue weighted by Crippen LogP contribution is 2.13. The zero-order chi connectivity index (χ0) is 14.6. The maximum atomic E-state index is 12.0. The molecule has 1 N–H and O–H groups in total.